The fourth-order valence-corrected chi connectivity index (χ4v) is 3.98. The first kappa shape index (κ1) is 21.7. The molecule has 1 aromatic heterocycles. The van der Waals surface area contributed by atoms with Gasteiger partial charge in [0.2, 0.25) is 0 Å². The highest BCUT2D eigenvalue weighted by Gasteiger charge is 2.15. The summed E-state index contributed by atoms with van der Waals surface area (Å²) in [6.07, 6.45) is 4.09. The Morgan fingerprint density at radius 3 is 2.97 bits per heavy atom. The summed E-state index contributed by atoms with van der Waals surface area (Å²) >= 11 is 1.73. The number of aromatic nitrogens is 1. The molecule has 0 saturated carbocycles. The molecule has 1 fully saturated rings. The molecular weight excluding hydrogens is 384 g/mol. The lowest BCUT2D eigenvalue weighted by Crippen LogP contribution is -2.37. The number of thiazole rings is 1. The van der Waals surface area contributed by atoms with E-state index < -0.39 is 0 Å². The molecule has 2 aromatic rings. The van der Waals surface area contributed by atoms with Crippen LogP contribution in [0.3, 0.4) is 0 Å². The maximum Gasteiger partial charge on any atom is 0.191 e. The predicted molar refractivity (Wildman–Crippen MR) is 119 cm³/mol. The molecule has 1 unspecified atom stereocenters. The fraction of sp³-hybridized carbons (Fsp3) is 0.545. The van der Waals surface area contributed by atoms with Gasteiger partial charge in [0, 0.05) is 44.5 Å². The van der Waals surface area contributed by atoms with Gasteiger partial charge in [-0.2, -0.15) is 0 Å². The number of hydrogen-bond donors (Lipinski definition) is 2. The fourth-order valence-electron chi connectivity index (χ4n) is 3.18. The number of nitrogens with one attached hydrogen (secondary N) is 2. The van der Waals surface area contributed by atoms with E-state index >= 15 is 0 Å². The number of aryl methyl sites for hydroxylation is 2. The van der Waals surface area contributed by atoms with Gasteiger partial charge >= 0.3 is 0 Å². The summed E-state index contributed by atoms with van der Waals surface area (Å²) in [7, 11) is 1.79. The van der Waals surface area contributed by atoms with Crippen LogP contribution in [0.1, 0.15) is 29.1 Å². The number of nitrogens with zero attached hydrogens (tertiary/aromatic N) is 2. The molecule has 1 aliphatic rings. The molecule has 3 rings (SSSR count). The zero-order chi connectivity index (χ0) is 20.2. The quantitative estimate of drug-likeness (QED) is 0.335. The molecular formula is C22H32N4O2S. The van der Waals surface area contributed by atoms with Crippen LogP contribution in [0.2, 0.25) is 0 Å². The Hall–Kier alpha value is -1.96. The molecule has 6 nitrogen and oxygen atoms in total. The Bertz CT molecular complexity index is 729. The molecule has 7 heteroatoms. The lowest BCUT2D eigenvalue weighted by atomic mass is 10.1. The van der Waals surface area contributed by atoms with Crippen LogP contribution in [-0.2, 0) is 28.9 Å². The first-order valence-electron chi connectivity index (χ1n) is 10.4. The third kappa shape index (κ3) is 8.12. The van der Waals surface area contributed by atoms with Gasteiger partial charge in [-0.3, -0.25) is 4.99 Å². The number of rotatable bonds is 11. The molecule has 1 aromatic carbocycles. The van der Waals surface area contributed by atoms with Gasteiger partial charge in [-0.15, -0.1) is 11.3 Å². The molecule has 1 atom stereocenters. The molecule has 2 N–H and O–H groups in total. The van der Waals surface area contributed by atoms with Crippen LogP contribution in [-0.4, -0.2) is 51.0 Å². The highest BCUT2D eigenvalue weighted by Crippen LogP contribution is 2.13. The van der Waals surface area contributed by atoms with Gasteiger partial charge in [-0.05, 0) is 24.8 Å². The van der Waals surface area contributed by atoms with Crippen LogP contribution < -0.4 is 10.6 Å². The van der Waals surface area contributed by atoms with E-state index in [2.05, 4.69) is 51.3 Å². The Morgan fingerprint density at radius 2 is 2.17 bits per heavy atom. The molecule has 1 aliphatic heterocycles. The van der Waals surface area contributed by atoms with Crippen LogP contribution in [0, 0.1) is 5.92 Å². The van der Waals surface area contributed by atoms with Crippen LogP contribution in [0.15, 0.2) is 40.7 Å². The van der Waals surface area contributed by atoms with Crippen molar-refractivity contribution in [1.29, 1.82) is 0 Å². The summed E-state index contributed by atoms with van der Waals surface area (Å²) < 4.78 is 11.1. The van der Waals surface area contributed by atoms with Crippen LogP contribution in [0.4, 0.5) is 0 Å². The van der Waals surface area contributed by atoms with Gasteiger partial charge in [-0.25, -0.2) is 4.98 Å². The Morgan fingerprint density at radius 1 is 1.28 bits per heavy atom. The summed E-state index contributed by atoms with van der Waals surface area (Å²) in [5.74, 6) is 1.38. The van der Waals surface area contributed by atoms with E-state index in [1.54, 1.807) is 18.4 Å². The van der Waals surface area contributed by atoms with E-state index in [-0.39, 0.29) is 0 Å². The zero-order valence-corrected chi connectivity index (χ0v) is 18.0. The van der Waals surface area contributed by atoms with Gasteiger partial charge in [0.25, 0.3) is 0 Å². The Balaban J connectivity index is 1.27. The van der Waals surface area contributed by atoms with Gasteiger partial charge in [-0.1, -0.05) is 30.3 Å². The Kier molecular flexibility index (Phi) is 9.42. The van der Waals surface area contributed by atoms with Gasteiger partial charge in [0.1, 0.15) is 0 Å². The molecule has 2 heterocycles. The Labute approximate surface area is 177 Å². The normalized spacial score (nSPS) is 16.9. The van der Waals surface area contributed by atoms with E-state index in [9.17, 15) is 0 Å². The smallest absolute Gasteiger partial charge is 0.191 e. The maximum absolute atomic E-state index is 5.73. The van der Waals surface area contributed by atoms with E-state index in [1.807, 2.05) is 0 Å². The molecule has 0 amide bonds. The standard InChI is InChI=1S/C22H32N4O2S/c1-23-22(24-11-5-12-27-15-19-10-13-28-16-19)25-14-20-17-29-21(26-20)9-8-18-6-3-2-4-7-18/h2-4,6-7,17,19H,5,8-16H2,1H3,(H2,23,24,25). The van der Waals surface area contributed by atoms with Crippen molar-refractivity contribution in [3.8, 4) is 0 Å². The number of hydrogen-bond acceptors (Lipinski definition) is 5. The molecule has 0 spiro atoms. The topological polar surface area (TPSA) is 67.8 Å². The monoisotopic (exact) mass is 416 g/mol. The largest absolute Gasteiger partial charge is 0.381 e. The molecule has 0 radical (unpaired) electrons. The van der Waals surface area contributed by atoms with Crippen LogP contribution in [0.25, 0.3) is 0 Å². The van der Waals surface area contributed by atoms with Gasteiger partial charge in [0.15, 0.2) is 5.96 Å². The highest BCUT2D eigenvalue weighted by atomic mass is 32.1. The van der Waals surface area contributed by atoms with Crippen LogP contribution in [0.5, 0.6) is 0 Å². The number of aliphatic imine (C=N–C) groups is 1. The molecule has 0 aliphatic carbocycles. The minimum atomic E-state index is 0.577. The summed E-state index contributed by atoms with van der Waals surface area (Å²) in [5.41, 5.74) is 2.41. The first-order valence-corrected chi connectivity index (χ1v) is 11.3. The van der Waals surface area contributed by atoms with E-state index in [1.165, 1.54) is 10.6 Å². The van der Waals surface area contributed by atoms with Crippen molar-refractivity contribution in [2.45, 2.75) is 32.2 Å². The van der Waals surface area contributed by atoms with Crippen molar-refractivity contribution in [2.24, 2.45) is 10.9 Å². The summed E-state index contributed by atoms with van der Waals surface area (Å²) in [6, 6.07) is 10.6. The average Bonchev–Trinajstić information content (AvgIpc) is 3.44. The second kappa shape index (κ2) is 12.6. The van der Waals surface area contributed by atoms with Crippen molar-refractivity contribution in [3.63, 3.8) is 0 Å². The zero-order valence-electron chi connectivity index (χ0n) is 17.2. The molecule has 0 bridgehead atoms. The van der Waals surface area contributed by atoms with Gasteiger partial charge in [0.05, 0.1) is 30.5 Å². The second-order valence-electron chi connectivity index (χ2n) is 7.23. The summed E-state index contributed by atoms with van der Waals surface area (Å²) in [6.45, 7) is 4.81. The SMILES string of the molecule is CN=C(NCCCOCC1CCOC1)NCc1csc(CCc2ccccc2)n1. The van der Waals surface area contributed by atoms with Crippen molar-refractivity contribution >= 4 is 17.3 Å². The number of guanidine groups is 1. The second-order valence-corrected chi connectivity index (χ2v) is 8.17. The minimum absolute atomic E-state index is 0.577. The van der Waals surface area contributed by atoms with Crippen molar-refractivity contribution in [2.75, 3.05) is 40.0 Å². The minimum Gasteiger partial charge on any atom is -0.381 e. The third-order valence-corrected chi connectivity index (χ3v) is 5.82. The van der Waals surface area contributed by atoms with E-state index in [0.29, 0.717) is 12.5 Å². The number of ether oxygens (including phenoxy) is 2. The average molecular weight is 417 g/mol. The van der Waals surface area contributed by atoms with E-state index in [4.69, 9.17) is 14.5 Å². The number of benzene rings is 1. The summed E-state index contributed by atoms with van der Waals surface area (Å²) in [4.78, 5) is 9.01. The summed E-state index contributed by atoms with van der Waals surface area (Å²) in [5, 5.41) is 9.97. The lowest BCUT2D eigenvalue weighted by molar-refractivity contribution is 0.0888. The van der Waals surface area contributed by atoms with Crippen LogP contribution >= 0.6 is 11.3 Å². The molecule has 29 heavy (non-hydrogen) atoms. The van der Waals surface area contributed by atoms with Crippen molar-refractivity contribution in [3.05, 3.63) is 52.0 Å². The van der Waals surface area contributed by atoms with Gasteiger partial charge < -0.3 is 20.1 Å². The molecule has 158 valence electrons. The first-order chi connectivity index (χ1) is 14.3. The predicted octanol–water partition coefficient (Wildman–Crippen LogP) is 3.04. The molecule has 1 saturated heterocycles. The van der Waals surface area contributed by atoms with Crippen molar-refractivity contribution < 1.29 is 9.47 Å². The van der Waals surface area contributed by atoms with E-state index in [0.717, 1.165) is 70.3 Å². The third-order valence-electron chi connectivity index (χ3n) is 4.87. The maximum atomic E-state index is 5.73. The highest BCUT2D eigenvalue weighted by molar-refractivity contribution is 7.09. The lowest BCUT2D eigenvalue weighted by Gasteiger charge is -2.12. The van der Waals surface area contributed by atoms with Crippen molar-refractivity contribution in [1.82, 2.24) is 15.6 Å².